The monoisotopic (exact) mass is 300 g/mol. The first kappa shape index (κ1) is 13.5. The SMILES string of the molecule is COC1=Cc2ccc(O)cc2C(=CC(=O)O)c2ccsc21. The van der Waals surface area contributed by atoms with Gasteiger partial charge in [0.25, 0.3) is 0 Å². The molecule has 1 aromatic carbocycles. The van der Waals surface area contributed by atoms with E-state index in [0.717, 1.165) is 22.1 Å². The number of hydrogen-bond donors (Lipinski definition) is 2. The van der Waals surface area contributed by atoms with Crippen molar-refractivity contribution in [1.82, 2.24) is 0 Å². The van der Waals surface area contributed by atoms with Crippen molar-refractivity contribution in [3.05, 3.63) is 57.3 Å². The predicted octanol–water partition coefficient (Wildman–Crippen LogP) is 3.43. The average Bonchev–Trinajstić information content (AvgIpc) is 2.88. The number of carbonyl (C=O) groups is 1. The van der Waals surface area contributed by atoms with E-state index in [-0.39, 0.29) is 5.75 Å². The molecule has 0 bridgehead atoms. The van der Waals surface area contributed by atoms with Gasteiger partial charge in [0.05, 0.1) is 12.0 Å². The van der Waals surface area contributed by atoms with E-state index < -0.39 is 5.97 Å². The van der Waals surface area contributed by atoms with Crippen LogP contribution in [-0.4, -0.2) is 23.3 Å². The van der Waals surface area contributed by atoms with Crippen LogP contribution in [0, 0.1) is 0 Å². The lowest BCUT2D eigenvalue weighted by atomic mass is 9.95. The van der Waals surface area contributed by atoms with E-state index in [2.05, 4.69) is 0 Å². The highest BCUT2D eigenvalue weighted by Crippen LogP contribution is 2.41. The molecular weight excluding hydrogens is 288 g/mol. The van der Waals surface area contributed by atoms with Gasteiger partial charge in [-0.25, -0.2) is 4.79 Å². The van der Waals surface area contributed by atoms with Gasteiger partial charge in [-0.3, -0.25) is 0 Å². The maximum atomic E-state index is 11.2. The largest absolute Gasteiger partial charge is 0.508 e. The van der Waals surface area contributed by atoms with Crippen LogP contribution >= 0.6 is 11.3 Å². The highest BCUT2D eigenvalue weighted by molar-refractivity contribution is 7.11. The molecule has 0 atom stereocenters. The summed E-state index contributed by atoms with van der Waals surface area (Å²) in [5.74, 6) is -0.255. The molecule has 106 valence electrons. The Morgan fingerprint density at radius 3 is 2.81 bits per heavy atom. The summed E-state index contributed by atoms with van der Waals surface area (Å²) in [6.07, 6.45) is 3.02. The molecule has 1 aromatic heterocycles. The maximum Gasteiger partial charge on any atom is 0.328 e. The molecule has 0 saturated carbocycles. The van der Waals surface area contributed by atoms with E-state index >= 15 is 0 Å². The molecule has 0 spiro atoms. The molecule has 1 aliphatic rings. The number of ether oxygens (including phenoxy) is 1. The van der Waals surface area contributed by atoms with Crippen molar-refractivity contribution in [2.45, 2.75) is 0 Å². The second-order valence-electron chi connectivity index (χ2n) is 4.54. The summed E-state index contributed by atoms with van der Waals surface area (Å²) in [6.45, 7) is 0. The summed E-state index contributed by atoms with van der Waals surface area (Å²) >= 11 is 1.49. The highest BCUT2D eigenvalue weighted by Gasteiger charge is 2.22. The Hall–Kier alpha value is -2.53. The van der Waals surface area contributed by atoms with Crippen molar-refractivity contribution in [3.63, 3.8) is 0 Å². The molecule has 0 aliphatic heterocycles. The van der Waals surface area contributed by atoms with Gasteiger partial charge in [0, 0.05) is 11.6 Å². The minimum Gasteiger partial charge on any atom is -0.508 e. The van der Waals surface area contributed by atoms with Gasteiger partial charge in [0.1, 0.15) is 11.5 Å². The molecule has 5 heteroatoms. The smallest absolute Gasteiger partial charge is 0.328 e. The zero-order valence-corrected chi connectivity index (χ0v) is 12.0. The molecule has 4 nitrogen and oxygen atoms in total. The average molecular weight is 300 g/mol. The fourth-order valence-electron chi connectivity index (χ4n) is 2.40. The van der Waals surface area contributed by atoms with Gasteiger partial charge in [-0.1, -0.05) is 6.07 Å². The molecule has 1 heterocycles. The summed E-state index contributed by atoms with van der Waals surface area (Å²) in [4.78, 5) is 12.0. The number of phenolic OH excluding ortho intramolecular Hbond substituents is 1. The number of carboxylic acid groups (broad SMARTS) is 1. The Balaban J connectivity index is 2.37. The lowest BCUT2D eigenvalue weighted by molar-refractivity contribution is -0.131. The quantitative estimate of drug-likeness (QED) is 0.834. The van der Waals surface area contributed by atoms with Crippen LogP contribution in [0.25, 0.3) is 17.4 Å². The summed E-state index contributed by atoms with van der Waals surface area (Å²) in [5.41, 5.74) is 2.83. The van der Waals surface area contributed by atoms with Crippen LogP contribution in [-0.2, 0) is 9.53 Å². The molecule has 1 aliphatic carbocycles. The van der Waals surface area contributed by atoms with E-state index in [0.29, 0.717) is 16.9 Å². The number of fused-ring (bicyclic) bond motifs is 2. The van der Waals surface area contributed by atoms with E-state index in [1.165, 1.54) is 11.3 Å². The highest BCUT2D eigenvalue weighted by atomic mass is 32.1. The zero-order valence-electron chi connectivity index (χ0n) is 11.2. The van der Waals surface area contributed by atoms with Gasteiger partial charge in [0.2, 0.25) is 0 Å². The van der Waals surface area contributed by atoms with Gasteiger partial charge < -0.3 is 14.9 Å². The topological polar surface area (TPSA) is 66.8 Å². The van der Waals surface area contributed by atoms with E-state index in [1.807, 2.05) is 17.5 Å². The van der Waals surface area contributed by atoms with Crippen molar-refractivity contribution >= 4 is 34.7 Å². The molecule has 0 radical (unpaired) electrons. The Bertz CT molecular complexity index is 783. The van der Waals surface area contributed by atoms with Crippen LogP contribution in [0.4, 0.5) is 0 Å². The van der Waals surface area contributed by atoms with E-state index in [1.54, 1.807) is 25.3 Å². The molecule has 0 unspecified atom stereocenters. The standard InChI is InChI=1S/C16H12O4S/c1-20-14-6-9-2-3-10(17)7-12(9)13(8-15(18)19)11-4-5-21-16(11)14/h2-8,17H,1H3,(H,18,19). The first-order valence-electron chi connectivity index (χ1n) is 6.22. The summed E-state index contributed by atoms with van der Waals surface area (Å²) in [6, 6.07) is 6.75. The van der Waals surface area contributed by atoms with Crippen LogP contribution in [0.5, 0.6) is 5.75 Å². The third-order valence-electron chi connectivity index (χ3n) is 3.28. The number of methoxy groups -OCH3 is 1. The van der Waals surface area contributed by atoms with Crippen molar-refractivity contribution in [1.29, 1.82) is 0 Å². The Labute approximate surface area is 125 Å². The molecule has 21 heavy (non-hydrogen) atoms. The zero-order chi connectivity index (χ0) is 15.0. The van der Waals surface area contributed by atoms with Crippen LogP contribution in [0.3, 0.4) is 0 Å². The molecular formula is C16H12O4S. The number of aromatic hydroxyl groups is 1. The van der Waals surface area contributed by atoms with Gasteiger partial charge in [-0.2, -0.15) is 0 Å². The van der Waals surface area contributed by atoms with Gasteiger partial charge in [-0.05, 0) is 46.4 Å². The normalized spacial score (nSPS) is 14.9. The summed E-state index contributed by atoms with van der Waals surface area (Å²) in [5, 5.41) is 20.8. The Kier molecular flexibility index (Phi) is 3.27. The van der Waals surface area contributed by atoms with Crippen LogP contribution < -0.4 is 0 Å². The van der Waals surface area contributed by atoms with Crippen molar-refractivity contribution in [2.24, 2.45) is 0 Å². The molecule has 0 saturated heterocycles. The second-order valence-corrected chi connectivity index (χ2v) is 5.46. The predicted molar refractivity (Wildman–Crippen MR) is 82.0 cm³/mol. The number of thiophene rings is 1. The minimum atomic E-state index is -1.03. The molecule has 0 amide bonds. The number of rotatable bonds is 2. The van der Waals surface area contributed by atoms with Crippen LogP contribution in [0.1, 0.15) is 21.6 Å². The second kappa shape index (κ2) is 5.10. The number of aliphatic carboxylic acids is 1. The van der Waals surface area contributed by atoms with Crippen LogP contribution in [0.15, 0.2) is 35.7 Å². The number of hydrogen-bond acceptors (Lipinski definition) is 4. The fourth-order valence-corrected chi connectivity index (χ4v) is 3.30. The third-order valence-corrected chi connectivity index (χ3v) is 4.21. The molecule has 2 aromatic rings. The minimum absolute atomic E-state index is 0.0936. The number of benzene rings is 1. The lowest BCUT2D eigenvalue weighted by Crippen LogP contribution is -1.96. The Morgan fingerprint density at radius 2 is 2.10 bits per heavy atom. The van der Waals surface area contributed by atoms with Gasteiger partial charge in [0.15, 0.2) is 0 Å². The molecule has 3 rings (SSSR count). The van der Waals surface area contributed by atoms with Gasteiger partial charge >= 0.3 is 5.97 Å². The maximum absolute atomic E-state index is 11.2. The first-order chi connectivity index (χ1) is 10.1. The number of phenols is 1. The molecule has 2 N–H and O–H groups in total. The van der Waals surface area contributed by atoms with E-state index in [9.17, 15) is 9.90 Å². The molecule has 0 fully saturated rings. The lowest BCUT2D eigenvalue weighted by Gasteiger charge is -2.09. The first-order valence-corrected chi connectivity index (χ1v) is 7.10. The van der Waals surface area contributed by atoms with Crippen molar-refractivity contribution < 1.29 is 19.7 Å². The third kappa shape index (κ3) is 2.32. The summed E-state index contributed by atoms with van der Waals surface area (Å²) < 4.78 is 5.43. The number of carboxylic acids is 1. The van der Waals surface area contributed by atoms with Gasteiger partial charge in [-0.15, -0.1) is 11.3 Å². The Morgan fingerprint density at radius 1 is 1.29 bits per heavy atom. The summed E-state index contributed by atoms with van der Waals surface area (Å²) in [7, 11) is 1.58. The van der Waals surface area contributed by atoms with Crippen molar-refractivity contribution in [2.75, 3.05) is 7.11 Å². The van der Waals surface area contributed by atoms with Crippen LogP contribution in [0.2, 0.25) is 0 Å². The van der Waals surface area contributed by atoms with Crippen molar-refractivity contribution in [3.8, 4) is 5.75 Å². The fraction of sp³-hybridized carbons (Fsp3) is 0.0625. The van der Waals surface area contributed by atoms with E-state index in [4.69, 9.17) is 9.84 Å².